The number of aliphatic hydroxyl groups excluding tert-OH is 2. The summed E-state index contributed by atoms with van der Waals surface area (Å²) in [6, 6.07) is 2.54. The van der Waals surface area contributed by atoms with Gasteiger partial charge >= 0.3 is 0 Å². The van der Waals surface area contributed by atoms with Crippen LogP contribution >= 0.6 is 11.6 Å². The van der Waals surface area contributed by atoms with Crippen molar-refractivity contribution in [3.8, 4) is 0 Å². The number of nitrogens with zero attached hydrogens (tertiary/aromatic N) is 2. The molecule has 0 saturated heterocycles. The minimum atomic E-state index is -0.833. The molecule has 4 nitrogen and oxygen atoms in total. The molecule has 0 aliphatic rings. The lowest BCUT2D eigenvalue weighted by Crippen LogP contribution is -2.08. The van der Waals surface area contributed by atoms with Gasteiger partial charge in [-0.3, -0.25) is 9.97 Å². The van der Waals surface area contributed by atoms with Crippen LogP contribution in [-0.2, 0) is 0 Å². The molecule has 2 aromatic heterocycles. The van der Waals surface area contributed by atoms with Crippen molar-refractivity contribution >= 4 is 11.6 Å². The number of aromatic nitrogens is 2. The molecule has 2 atom stereocenters. The summed E-state index contributed by atoms with van der Waals surface area (Å²) in [5.41, 5.74) is 1.14. The fourth-order valence-corrected chi connectivity index (χ4v) is 2.22. The van der Waals surface area contributed by atoms with Gasteiger partial charge in [-0.2, -0.15) is 0 Å². The van der Waals surface area contributed by atoms with E-state index < -0.39 is 23.8 Å². The summed E-state index contributed by atoms with van der Waals surface area (Å²) in [6.45, 7) is 6.34. The monoisotopic (exact) mass is 386 g/mol. The Hall–Kier alpha value is -1.63. The molecular weight excluding hydrogens is 362 g/mol. The van der Waals surface area contributed by atoms with Crippen LogP contribution < -0.4 is 0 Å². The first-order chi connectivity index (χ1) is 12.1. The third kappa shape index (κ3) is 8.65. The Labute approximate surface area is 157 Å². The van der Waals surface area contributed by atoms with E-state index in [4.69, 9.17) is 16.7 Å². The van der Waals surface area contributed by atoms with E-state index in [1.165, 1.54) is 24.5 Å². The van der Waals surface area contributed by atoms with Gasteiger partial charge in [0, 0.05) is 23.5 Å². The van der Waals surface area contributed by atoms with E-state index in [9.17, 15) is 13.9 Å². The summed E-state index contributed by atoms with van der Waals surface area (Å²) in [5, 5.41) is 18.9. The summed E-state index contributed by atoms with van der Waals surface area (Å²) in [5.74, 6) is -0.820. The van der Waals surface area contributed by atoms with Gasteiger partial charge in [0.15, 0.2) is 0 Å². The summed E-state index contributed by atoms with van der Waals surface area (Å²) in [7, 11) is 0. The zero-order valence-electron chi connectivity index (χ0n) is 15.2. The molecule has 2 heterocycles. The summed E-state index contributed by atoms with van der Waals surface area (Å²) in [6.07, 6.45) is 5.18. The number of halogens is 3. The molecular formula is C19H25ClF2N2O2. The normalized spacial score (nSPS) is 13.5. The van der Waals surface area contributed by atoms with Crippen LogP contribution in [0.1, 0.15) is 56.9 Å². The number of rotatable bonds is 5. The molecule has 2 aromatic rings. The molecule has 0 fully saturated rings. The van der Waals surface area contributed by atoms with Gasteiger partial charge in [-0.15, -0.1) is 11.6 Å². The van der Waals surface area contributed by atoms with Gasteiger partial charge in [-0.25, -0.2) is 8.78 Å². The molecule has 2 rings (SSSR count). The third-order valence-electron chi connectivity index (χ3n) is 3.54. The first kappa shape index (κ1) is 22.4. The van der Waals surface area contributed by atoms with E-state index >= 15 is 0 Å². The Morgan fingerprint density at radius 2 is 1.38 bits per heavy atom. The fourth-order valence-electron chi connectivity index (χ4n) is 2.05. The Morgan fingerprint density at radius 1 is 0.923 bits per heavy atom. The van der Waals surface area contributed by atoms with Crippen LogP contribution in [0.3, 0.4) is 0 Å². The van der Waals surface area contributed by atoms with Gasteiger partial charge in [0.2, 0.25) is 0 Å². The number of aliphatic hydroxyl groups is 2. The smallest absolute Gasteiger partial charge is 0.141 e. The maximum absolute atomic E-state index is 12.8. The first-order valence-electron chi connectivity index (χ1n) is 8.25. The largest absolute Gasteiger partial charge is 0.388 e. The second-order valence-electron chi connectivity index (χ2n) is 7.16. The van der Waals surface area contributed by atoms with Crippen molar-refractivity contribution in [1.82, 2.24) is 9.97 Å². The molecule has 0 amide bonds. The highest BCUT2D eigenvalue weighted by Crippen LogP contribution is 2.27. The SMILES string of the molecule is CC(C)(C)CC[C@H](O)c1cncc(F)c1.O[C@@H](CCl)c1cncc(F)c1. The van der Waals surface area contributed by atoms with Gasteiger partial charge in [0.1, 0.15) is 11.6 Å². The van der Waals surface area contributed by atoms with Crippen molar-refractivity contribution in [2.45, 2.75) is 45.8 Å². The minimum absolute atomic E-state index is 0.0468. The van der Waals surface area contributed by atoms with Gasteiger partial charge in [-0.05, 0) is 30.4 Å². The molecule has 144 valence electrons. The van der Waals surface area contributed by atoms with E-state index in [1.54, 1.807) is 0 Å². The number of pyridine rings is 2. The standard InChI is InChI=1S/C12H18FNO.C7H7ClFNO/c1-12(2,3)5-4-11(15)9-6-10(13)8-14-7-9;8-2-7(11)5-1-6(9)4-10-3-5/h6-8,11,15H,4-5H2,1-3H3;1,3-4,7,11H,2H2/t11-;7-/m00/s1. The van der Waals surface area contributed by atoms with E-state index in [0.29, 0.717) is 17.5 Å². The molecule has 0 bridgehead atoms. The Bertz CT molecular complexity index is 681. The molecule has 2 N–H and O–H groups in total. The minimum Gasteiger partial charge on any atom is -0.388 e. The van der Waals surface area contributed by atoms with Crippen molar-refractivity contribution in [2.24, 2.45) is 5.41 Å². The second kappa shape index (κ2) is 10.5. The summed E-state index contributed by atoms with van der Waals surface area (Å²) in [4.78, 5) is 7.27. The predicted octanol–water partition coefficient (Wildman–Crippen LogP) is 4.57. The van der Waals surface area contributed by atoms with E-state index in [0.717, 1.165) is 18.8 Å². The van der Waals surface area contributed by atoms with Crippen LogP contribution in [0, 0.1) is 17.0 Å². The van der Waals surface area contributed by atoms with Crippen LogP contribution in [0.2, 0.25) is 0 Å². The van der Waals surface area contributed by atoms with Crippen molar-refractivity contribution in [3.63, 3.8) is 0 Å². The van der Waals surface area contributed by atoms with Crippen molar-refractivity contribution in [1.29, 1.82) is 0 Å². The Kier molecular flexibility index (Phi) is 9.05. The van der Waals surface area contributed by atoms with Crippen molar-refractivity contribution in [3.05, 3.63) is 59.7 Å². The lowest BCUT2D eigenvalue weighted by atomic mass is 9.88. The molecule has 0 radical (unpaired) electrons. The highest BCUT2D eigenvalue weighted by atomic mass is 35.5. The van der Waals surface area contributed by atoms with E-state index in [2.05, 4.69) is 30.7 Å². The molecule has 0 aliphatic heterocycles. The fraction of sp³-hybridized carbons (Fsp3) is 0.474. The van der Waals surface area contributed by atoms with Gasteiger partial charge in [0.25, 0.3) is 0 Å². The average Bonchev–Trinajstić information content (AvgIpc) is 2.59. The molecule has 0 spiro atoms. The van der Waals surface area contributed by atoms with Gasteiger partial charge < -0.3 is 10.2 Å². The van der Waals surface area contributed by atoms with E-state index in [-0.39, 0.29) is 11.3 Å². The maximum Gasteiger partial charge on any atom is 0.141 e. The summed E-state index contributed by atoms with van der Waals surface area (Å²) < 4.78 is 25.3. The van der Waals surface area contributed by atoms with Crippen LogP contribution in [0.5, 0.6) is 0 Å². The lowest BCUT2D eigenvalue weighted by molar-refractivity contribution is 0.147. The van der Waals surface area contributed by atoms with Crippen LogP contribution in [0.25, 0.3) is 0 Å². The molecule has 0 unspecified atom stereocenters. The van der Waals surface area contributed by atoms with E-state index in [1.807, 2.05) is 0 Å². The second-order valence-corrected chi connectivity index (χ2v) is 7.47. The van der Waals surface area contributed by atoms with Crippen molar-refractivity contribution in [2.75, 3.05) is 5.88 Å². The highest BCUT2D eigenvalue weighted by molar-refractivity contribution is 6.18. The Balaban J connectivity index is 0.000000273. The molecule has 0 saturated carbocycles. The highest BCUT2D eigenvalue weighted by Gasteiger charge is 2.15. The molecule has 26 heavy (non-hydrogen) atoms. The van der Waals surface area contributed by atoms with Gasteiger partial charge in [-0.1, -0.05) is 20.8 Å². The zero-order valence-corrected chi connectivity index (χ0v) is 15.9. The number of hydrogen-bond donors (Lipinski definition) is 2. The Morgan fingerprint density at radius 3 is 1.77 bits per heavy atom. The van der Waals surface area contributed by atoms with Crippen LogP contribution in [0.4, 0.5) is 8.78 Å². The summed E-state index contributed by atoms with van der Waals surface area (Å²) >= 11 is 5.34. The zero-order chi connectivity index (χ0) is 19.7. The average molecular weight is 387 g/mol. The topological polar surface area (TPSA) is 66.2 Å². The molecule has 7 heteroatoms. The quantitative estimate of drug-likeness (QED) is 0.738. The van der Waals surface area contributed by atoms with Gasteiger partial charge in [0.05, 0.1) is 30.5 Å². The number of hydrogen-bond acceptors (Lipinski definition) is 4. The van der Waals surface area contributed by atoms with Crippen LogP contribution in [0.15, 0.2) is 36.9 Å². The molecule has 0 aliphatic carbocycles. The van der Waals surface area contributed by atoms with Crippen molar-refractivity contribution < 1.29 is 19.0 Å². The maximum atomic E-state index is 12.8. The lowest BCUT2D eigenvalue weighted by Gasteiger charge is -2.20. The predicted molar refractivity (Wildman–Crippen MR) is 97.7 cm³/mol. The molecule has 0 aromatic carbocycles. The number of alkyl halides is 1. The first-order valence-corrected chi connectivity index (χ1v) is 8.79. The van der Waals surface area contributed by atoms with Crippen LogP contribution in [-0.4, -0.2) is 26.1 Å². The third-order valence-corrected chi connectivity index (χ3v) is 3.83.